The summed E-state index contributed by atoms with van der Waals surface area (Å²) in [6, 6.07) is 3.59. The molecule has 5 nitrogen and oxygen atoms in total. The van der Waals surface area contributed by atoms with Gasteiger partial charge in [-0.05, 0) is 36.1 Å². The predicted octanol–water partition coefficient (Wildman–Crippen LogP) is 4.67. The molecule has 0 aromatic heterocycles. The molecule has 1 fully saturated rings. The van der Waals surface area contributed by atoms with Crippen LogP contribution in [-0.2, 0) is 26.0 Å². The number of benzene rings is 1. The van der Waals surface area contributed by atoms with Crippen LogP contribution in [-0.4, -0.2) is 39.6 Å². The Kier molecular flexibility index (Phi) is 6.19. The Morgan fingerprint density at radius 3 is 2.44 bits per heavy atom. The van der Waals surface area contributed by atoms with Gasteiger partial charge in [0, 0.05) is 49.9 Å². The van der Waals surface area contributed by atoms with Crippen molar-refractivity contribution in [3.8, 4) is 0 Å². The molecular weight excluding hydrogens is 488 g/mol. The number of amides is 1. The zero-order valence-electron chi connectivity index (χ0n) is 16.8. The number of hydrogen-bond acceptors (Lipinski definition) is 4. The number of carbonyl (C=O) groups excluding carboxylic acids is 1. The number of halogens is 5. The van der Waals surface area contributed by atoms with Crippen molar-refractivity contribution in [2.75, 3.05) is 11.5 Å². The Balaban J connectivity index is 1.56. The van der Waals surface area contributed by atoms with E-state index in [0.717, 1.165) is 0 Å². The number of nitrogens with one attached hydrogen (secondary N) is 1. The third-order valence-electron chi connectivity index (χ3n) is 5.78. The zero-order valence-corrected chi connectivity index (χ0v) is 19.2. The third kappa shape index (κ3) is 4.34. The molecule has 32 heavy (non-hydrogen) atoms. The minimum absolute atomic E-state index is 0.0626. The molecule has 1 N–H and O–H groups in total. The van der Waals surface area contributed by atoms with Crippen LogP contribution >= 0.6 is 23.2 Å². The highest BCUT2D eigenvalue weighted by molar-refractivity contribution is 7.86. The number of nitrogens with zero attached hydrogens (tertiary/aromatic N) is 1. The van der Waals surface area contributed by atoms with Crippen LogP contribution in [0.5, 0.6) is 0 Å². The van der Waals surface area contributed by atoms with Gasteiger partial charge >= 0.3 is 6.18 Å². The standard InChI is InChI=1S/C21H19Cl2F3N2O3S/c1-11-4-12(2-3-17(11)19(29)27-16-9-32(30)10-16)18-8-20(31-28-18,21(24,25)26)13-5-14(22)7-15(23)6-13/h2-3,5-7,11,16H,4,8-10H2,1H3,(H,27,29). The van der Waals surface area contributed by atoms with E-state index in [1.165, 1.54) is 18.2 Å². The van der Waals surface area contributed by atoms with E-state index in [9.17, 15) is 22.2 Å². The summed E-state index contributed by atoms with van der Waals surface area (Å²) in [4.78, 5) is 17.5. The van der Waals surface area contributed by atoms with Gasteiger partial charge in [0.1, 0.15) is 0 Å². The van der Waals surface area contributed by atoms with Gasteiger partial charge in [-0.15, -0.1) is 0 Å². The fourth-order valence-corrected chi connectivity index (χ4v) is 5.48. The van der Waals surface area contributed by atoms with Gasteiger partial charge in [-0.2, -0.15) is 13.2 Å². The van der Waals surface area contributed by atoms with Crippen molar-refractivity contribution < 1.29 is 27.0 Å². The maximum Gasteiger partial charge on any atom is 0.435 e. The van der Waals surface area contributed by atoms with E-state index in [1.807, 2.05) is 6.92 Å². The van der Waals surface area contributed by atoms with Crippen molar-refractivity contribution in [3.63, 3.8) is 0 Å². The second-order valence-corrected chi connectivity index (χ2v) is 10.6. The molecule has 1 aromatic carbocycles. The first-order chi connectivity index (χ1) is 15.0. The predicted molar refractivity (Wildman–Crippen MR) is 117 cm³/mol. The summed E-state index contributed by atoms with van der Waals surface area (Å²) in [5.41, 5.74) is -1.66. The van der Waals surface area contributed by atoms with Crippen molar-refractivity contribution in [2.45, 2.75) is 37.6 Å². The van der Waals surface area contributed by atoms with Crippen LogP contribution in [0.1, 0.15) is 25.3 Å². The first-order valence-corrected chi connectivity index (χ1v) is 12.1. The Morgan fingerprint density at radius 2 is 1.88 bits per heavy atom. The summed E-state index contributed by atoms with van der Waals surface area (Å²) in [5, 5.41) is 6.74. The van der Waals surface area contributed by atoms with Gasteiger partial charge in [0.2, 0.25) is 5.91 Å². The summed E-state index contributed by atoms with van der Waals surface area (Å²) < 4.78 is 53.6. The second kappa shape index (κ2) is 8.50. The van der Waals surface area contributed by atoms with E-state index >= 15 is 0 Å². The molecule has 172 valence electrons. The molecule has 11 heteroatoms. The van der Waals surface area contributed by atoms with Gasteiger partial charge in [0.15, 0.2) is 0 Å². The molecule has 2 aliphatic heterocycles. The van der Waals surface area contributed by atoms with Crippen LogP contribution in [0.3, 0.4) is 0 Å². The minimum Gasteiger partial charge on any atom is -0.374 e. The zero-order chi connectivity index (χ0) is 23.3. The van der Waals surface area contributed by atoms with E-state index < -0.39 is 29.0 Å². The number of rotatable bonds is 4. The van der Waals surface area contributed by atoms with Gasteiger partial charge in [-0.25, -0.2) is 0 Å². The van der Waals surface area contributed by atoms with Crippen molar-refractivity contribution in [1.29, 1.82) is 0 Å². The summed E-state index contributed by atoms with van der Waals surface area (Å²) in [5.74, 6) is 0.396. The lowest BCUT2D eigenvalue weighted by molar-refractivity contribution is -0.275. The number of oxime groups is 1. The smallest absolute Gasteiger partial charge is 0.374 e. The lowest BCUT2D eigenvalue weighted by Crippen LogP contribution is -2.51. The molecule has 2 atom stereocenters. The summed E-state index contributed by atoms with van der Waals surface area (Å²) in [7, 11) is -0.878. The van der Waals surface area contributed by atoms with Crippen LogP contribution in [0.4, 0.5) is 13.2 Å². The summed E-state index contributed by atoms with van der Waals surface area (Å²) in [6.07, 6.45) is -1.76. The fraction of sp³-hybridized carbons (Fsp3) is 0.429. The Labute approximate surface area is 195 Å². The first kappa shape index (κ1) is 23.3. The molecule has 1 aliphatic carbocycles. The highest BCUT2D eigenvalue weighted by atomic mass is 35.5. The number of carbonyl (C=O) groups is 1. The van der Waals surface area contributed by atoms with Gasteiger partial charge in [0.05, 0.1) is 11.8 Å². The van der Waals surface area contributed by atoms with Gasteiger partial charge in [-0.3, -0.25) is 9.00 Å². The fourth-order valence-electron chi connectivity index (χ4n) is 3.99. The van der Waals surface area contributed by atoms with Gasteiger partial charge in [-0.1, -0.05) is 47.4 Å². The topological polar surface area (TPSA) is 67.8 Å². The molecule has 0 spiro atoms. The first-order valence-electron chi connectivity index (χ1n) is 9.84. The van der Waals surface area contributed by atoms with Crippen molar-refractivity contribution >= 4 is 45.6 Å². The molecule has 0 saturated carbocycles. The lowest BCUT2D eigenvalue weighted by Gasteiger charge is -2.30. The summed E-state index contributed by atoms with van der Waals surface area (Å²) in [6.45, 7) is 1.82. The second-order valence-electron chi connectivity index (χ2n) is 8.15. The average molecular weight is 507 g/mol. The van der Waals surface area contributed by atoms with E-state index in [0.29, 0.717) is 29.1 Å². The molecule has 2 heterocycles. The average Bonchev–Trinajstić information content (AvgIpc) is 3.12. The molecule has 2 unspecified atom stereocenters. The van der Waals surface area contributed by atoms with Crippen LogP contribution < -0.4 is 5.32 Å². The molecule has 3 aliphatic rings. The lowest BCUT2D eigenvalue weighted by atomic mass is 9.81. The van der Waals surface area contributed by atoms with Crippen LogP contribution in [0, 0.1) is 5.92 Å². The Hall–Kier alpha value is -1.84. The Morgan fingerprint density at radius 1 is 1.22 bits per heavy atom. The minimum atomic E-state index is -4.77. The highest BCUT2D eigenvalue weighted by Gasteiger charge is 2.62. The third-order valence-corrected chi connectivity index (χ3v) is 7.76. The number of alkyl halides is 3. The van der Waals surface area contributed by atoms with Crippen molar-refractivity contribution in [2.24, 2.45) is 11.1 Å². The molecule has 1 saturated heterocycles. The van der Waals surface area contributed by atoms with Crippen LogP contribution in [0.2, 0.25) is 10.0 Å². The van der Waals surface area contributed by atoms with Gasteiger partial charge in [0.25, 0.3) is 5.60 Å². The monoisotopic (exact) mass is 506 g/mol. The SMILES string of the molecule is CC1CC(C2=NOC(c3cc(Cl)cc(Cl)c3)(C(F)(F)F)C2)=CC=C1C(=O)NC1CS(=O)C1. The van der Waals surface area contributed by atoms with E-state index in [2.05, 4.69) is 10.5 Å². The molecule has 4 rings (SSSR count). The van der Waals surface area contributed by atoms with E-state index in [-0.39, 0.29) is 39.2 Å². The quantitative estimate of drug-likeness (QED) is 0.645. The molecule has 0 bridgehead atoms. The van der Waals surface area contributed by atoms with Crippen molar-refractivity contribution in [3.05, 3.63) is 57.1 Å². The van der Waals surface area contributed by atoms with Crippen LogP contribution in [0.25, 0.3) is 0 Å². The van der Waals surface area contributed by atoms with E-state index in [4.69, 9.17) is 28.0 Å². The molecule has 1 amide bonds. The maximum atomic E-state index is 14.1. The highest BCUT2D eigenvalue weighted by Crippen LogP contribution is 2.50. The van der Waals surface area contributed by atoms with E-state index in [1.54, 1.807) is 12.2 Å². The normalized spacial score (nSPS) is 29.9. The maximum absolute atomic E-state index is 14.1. The molecule has 1 aromatic rings. The molecular formula is C21H19Cl2F3N2O3S. The number of hydrogen-bond donors (Lipinski definition) is 1. The largest absolute Gasteiger partial charge is 0.435 e. The van der Waals surface area contributed by atoms with Crippen LogP contribution in [0.15, 0.2) is 46.7 Å². The molecule has 0 radical (unpaired) electrons. The number of allylic oxidation sites excluding steroid dienone is 3. The summed E-state index contributed by atoms with van der Waals surface area (Å²) >= 11 is 11.9. The van der Waals surface area contributed by atoms with Gasteiger partial charge < -0.3 is 10.2 Å². The van der Waals surface area contributed by atoms with Crippen molar-refractivity contribution in [1.82, 2.24) is 5.32 Å². The Bertz CT molecular complexity index is 1060.